The van der Waals surface area contributed by atoms with Gasteiger partial charge in [0.1, 0.15) is 0 Å². The van der Waals surface area contributed by atoms with Crippen molar-refractivity contribution in [2.75, 3.05) is 26.7 Å². The average Bonchev–Trinajstić information content (AvgIpc) is 2.85. The molecular weight excluding hydrogens is 304 g/mol. The molecule has 2 rings (SSSR count). The number of amides is 1. The van der Waals surface area contributed by atoms with Gasteiger partial charge >= 0.3 is 0 Å². The lowest BCUT2D eigenvalue weighted by Crippen LogP contribution is -2.40. The summed E-state index contributed by atoms with van der Waals surface area (Å²) in [7, 11) is 2.00. The van der Waals surface area contributed by atoms with Crippen molar-refractivity contribution in [3.8, 4) is 0 Å². The summed E-state index contributed by atoms with van der Waals surface area (Å²) < 4.78 is 0. The monoisotopic (exact) mass is 330 g/mol. The van der Waals surface area contributed by atoms with Crippen LogP contribution < -0.4 is 5.32 Å². The van der Waals surface area contributed by atoms with E-state index in [2.05, 4.69) is 29.3 Å². The number of aryl methyl sites for hydroxylation is 2. The van der Waals surface area contributed by atoms with Gasteiger partial charge in [0.05, 0.1) is 0 Å². The van der Waals surface area contributed by atoms with E-state index in [9.17, 15) is 4.79 Å². The van der Waals surface area contributed by atoms with Crippen LogP contribution in [-0.4, -0.2) is 37.5 Å². The number of likely N-dealkylation sites (tertiary alicyclic amines) is 1. The summed E-state index contributed by atoms with van der Waals surface area (Å²) in [6.45, 7) is 5.11. The standard InChI is InChI=1S/C16H26N2OS.ClH/c1-13-6-7-15(20-13)4-3-5-16(19)18-10-8-14(9-11-18)12-17-2;/h6-7,14,17H,3-5,8-12H2,1-2H3;1H. The van der Waals surface area contributed by atoms with Gasteiger partial charge in [-0.15, -0.1) is 23.7 Å². The minimum atomic E-state index is 0. The first-order chi connectivity index (χ1) is 9.69. The molecule has 0 radical (unpaired) electrons. The lowest BCUT2D eigenvalue weighted by molar-refractivity contribution is -0.132. The number of hydrogen-bond acceptors (Lipinski definition) is 3. The summed E-state index contributed by atoms with van der Waals surface area (Å²) in [6, 6.07) is 4.35. The molecule has 0 atom stereocenters. The summed E-state index contributed by atoms with van der Waals surface area (Å²) in [5.41, 5.74) is 0. The van der Waals surface area contributed by atoms with Gasteiger partial charge in [0.2, 0.25) is 5.91 Å². The second kappa shape index (κ2) is 9.44. The van der Waals surface area contributed by atoms with E-state index < -0.39 is 0 Å². The minimum Gasteiger partial charge on any atom is -0.343 e. The molecule has 1 aromatic rings. The quantitative estimate of drug-likeness (QED) is 0.868. The normalized spacial score (nSPS) is 15.8. The Morgan fingerprint density at radius 1 is 1.38 bits per heavy atom. The lowest BCUT2D eigenvalue weighted by atomic mass is 9.96. The lowest BCUT2D eigenvalue weighted by Gasteiger charge is -2.32. The number of thiophene rings is 1. The molecule has 0 bridgehead atoms. The Hall–Kier alpha value is -0.580. The van der Waals surface area contributed by atoms with Gasteiger partial charge in [-0.2, -0.15) is 0 Å². The third-order valence-electron chi connectivity index (χ3n) is 4.07. The molecule has 1 fully saturated rings. The molecule has 0 spiro atoms. The summed E-state index contributed by atoms with van der Waals surface area (Å²) in [6.07, 6.45) is 5.02. The van der Waals surface area contributed by atoms with Crippen LogP contribution in [0.5, 0.6) is 0 Å². The number of nitrogens with zero attached hydrogens (tertiary/aromatic N) is 1. The Bertz CT molecular complexity index is 428. The van der Waals surface area contributed by atoms with Gasteiger partial charge in [-0.1, -0.05) is 0 Å². The van der Waals surface area contributed by atoms with Gasteiger partial charge in [0.15, 0.2) is 0 Å². The summed E-state index contributed by atoms with van der Waals surface area (Å²) in [5.74, 6) is 1.10. The smallest absolute Gasteiger partial charge is 0.222 e. The van der Waals surface area contributed by atoms with Crippen LogP contribution >= 0.6 is 23.7 Å². The molecule has 1 N–H and O–H groups in total. The molecule has 1 saturated heterocycles. The zero-order valence-electron chi connectivity index (χ0n) is 13.1. The number of piperidine rings is 1. The third-order valence-corrected chi connectivity index (χ3v) is 5.13. The van der Waals surface area contributed by atoms with Crippen LogP contribution in [0.25, 0.3) is 0 Å². The fraction of sp³-hybridized carbons (Fsp3) is 0.688. The first-order valence-corrected chi connectivity index (χ1v) is 8.48. The van der Waals surface area contributed by atoms with Gasteiger partial charge in [0, 0.05) is 29.3 Å². The van der Waals surface area contributed by atoms with Crippen LogP contribution in [0.1, 0.15) is 35.4 Å². The Morgan fingerprint density at radius 3 is 2.67 bits per heavy atom. The maximum absolute atomic E-state index is 12.2. The van der Waals surface area contributed by atoms with E-state index in [1.165, 1.54) is 9.75 Å². The average molecular weight is 331 g/mol. The predicted octanol–water partition coefficient (Wildman–Crippen LogP) is 3.26. The fourth-order valence-corrected chi connectivity index (χ4v) is 3.80. The van der Waals surface area contributed by atoms with E-state index in [1.54, 1.807) is 0 Å². The van der Waals surface area contributed by atoms with Crippen LogP contribution in [0.3, 0.4) is 0 Å². The van der Waals surface area contributed by atoms with Crippen molar-refractivity contribution in [1.82, 2.24) is 10.2 Å². The molecule has 0 aliphatic carbocycles. The molecule has 5 heteroatoms. The molecular formula is C16H27ClN2OS. The molecule has 0 saturated carbocycles. The molecule has 1 aliphatic rings. The number of rotatable bonds is 6. The number of halogens is 1. The largest absolute Gasteiger partial charge is 0.343 e. The van der Waals surface area contributed by atoms with Crippen LogP contribution in [0.15, 0.2) is 12.1 Å². The number of hydrogen-bond donors (Lipinski definition) is 1. The SMILES string of the molecule is CNCC1CCN(C(=O)CCCc2ccc(C)s2)CC1.Cl. The van der Waals surface area contributed by atoms with Gasteiger partial charge in [-0.25, -0.2) is 0 Å². The van der Waals surface area contributed by atoms with E-state index in [4.69, 9.17) is 0 Å². The van der Waals surface area contributed by atoms with E-state index in [0.29, 0.717) is 12.3 Å². The highest BCUT2D eigenvalue weighted by Crippen LogP contribution is 2.19. The highest BCUT2D eigenvalue weighted by Gasteiger charge is 2.21. The highest BCUT2D eigenvalue weighted by atomic mass is 35.5. The summed E-state index contributed by atoms with van der Waals surface area (Å²) >= 11 is 1.85. The van der Waals surface area contributed by atoms with Crippen molar-refractivity contribution >= 4 is 29.7 Å². The predicted molar refractivity (Wildman–Crippen MR) is 92.5 cm³/mol. The van der Waals surface area contributed by atoms with Crippen molar-refractivity contribution in [1.29, 1.82) is 0 Å². The minimum absolute atomic E-state index is 0. The van der Waals surface area contributed by atoms with Crippen LogP contribution in [0.4, 0.5) is 0 Å². The Balaban J connectivity index is 0.00000220. The van der Waals surface area contributed by atoms with Crippen molar-refractivity contribution < 1.29 is 4.79 Å². The van der Waals surface area contributed by atoms with E-state index >= 15 is 0 Å². The van der Waals surface area contributed by atoms with Gasteiger partial charge in [0.25, 0.3) is 0 Å². The van der Waals surface area contributed by atoms with Crippen molar-refractivity contribution in [3.63, 3.8) is 0 Å². The molecule has 1 aromatic heterocycles. The summed E-state index contributed by atoms with van der Waals surface area (Å²) in [5, 5.41) is 3.23. The van der Waals surface area contributed by atoms with Crippen molar-refractivity contribution in [2.45, 2.75) is 39.0 Å². The van der Waals surface area contributed by atoms with Crippen molar-refractivity contribution in [2.24, 2.45) is 5.92 Å². The molecule has 120 valence electrons. The zero-order valence-corrected chi connectivity index (χ0v) is 14.7. The van der Waals surface area contributed by atoms with Crippen molar-refractivity contribution in [3.05, 3.63) is 21.9 Å². The molecule has 1 aliphatic heterocycles. The first kappa shape index (κ1) is 18.5. The third kappa shape index (κ3) is 5.97. The highest BCUT2D eigenvalue weighted by molar-refractivity contribution is 7.11. The zero-order chi connectivity index (χ0) is 14.4. The summed E-state index contributed by atoms with van der Waals surface area (Å²) in [4.78, 5) is 17.0. The number of carbonyl (C=O) groups excluding carboxylic acids is 1. The molecule has 1 amide bonds. The second-order valence-corrected chi connectivity index (χ2v) is 7.12. The molecule has 0 unspecified atom stereocenters. The van der Waals surface area contributed by atoms with Gasteiger partial charge in [-0.05, 0) is 64.3 Å². The van der Waals surface area contributed by atoms with Crippen LogP contribution in [-0.2, 0) is 11.2 Å². The molecule has 0 aromatic carbocycles. The Labute approximate surface area is 138 Å². The molecule has 21 heavy (non-hydrogen) atoms. The van der Waals surface area contributed by atoms with Crippen LogP contribution in [0.2, 0.25) is 0 Å². The van der Waals surface area contributed by atoms with Gasteiger partial charge < -0.3 is 10.2 Å². The maximum Gasteiger partial charge on any atom is 0.222 e. The van der Waals surface area contributed by atoms with Crippen LogP contribution in [0, 0.1) is 12.8 Å². The first-order valence-electron chi connectivity index (χ1n) is 7.66. The number of nitrogens with one attached hydrogen (secondary N) is 1. The van der Waals surface area contributed by atoms with Gasteiger partial charge in [-0.3, -0.25) is 4.79 Å². The molecule has 3 nitrogen and oxygen atoms in total. The Kier molecular flexibility index (Phi) is 8.30. The van der Waals surface area contributed by atoms with E-state index in [0.717, 1.165) is 51.2 Å². The fourth-order valence-electron chi connectivity index (χ4n) is 2.87. The maximum atomic E-state index is 12.2. The van der Waals surface area contributed by atoms with E-state index in [-0.39, 0.29) is 12.4 Å². The Morgan fingerprint density at radius 2 is 2.10 bits per heavy atom. The topological polar surface area (TPSA) is 32.3 Å². The van der Waals surface area contributed by atoms with E-state index in [1.807, 2.05) is 18.4 Å². The second-order valence-electron chi connectivity index (χ2n) is 5.75. The molecule has 2 heterocycles. The number of carbonyl (C=O) groups is 1.